The van der Waals surface area contributed by atoms with Gasteiger partial charge in [0.1, 0.15) is 0 Å². The van der Waals surface area contributed by atoms with Crippen molar-refractivity contribution in [1.29, 1.82) is 0 Å². The number of anilines is 1. The molecular formula is C23H30N8O2. The van der Waals surface area contributed by atoms with Gasteiger partial charge in [-0.15, -0.1) is 10.2 Å². The van der Waals surface area contributed by atoms with Gasteiger partial charge in [-0.1, -0.05) is 6.92 Å². The van der Waals surface area contributed by atoms with E-state index in [-0.39, 0.29) is 17.4 Å². The largest absolute Gasteiger partial charge is 0.355 e. The van der Waals surface area contributed by atoms with E-state index in [0.717, 1.165) is 55.3 Å². The third kappa shape index (κ3) is 5.27. The summed E-state index contributed by atoms with van der Waals surface area (Å²) in [7, 11) is 0. The number of aryl methyl sites for hydroxylation is 3. The van der Waals surface area contributed by atoms with Crippen LogP contribution in [0, 0.1) is 19.8 Å². The molecule has 0 aromatic carbocycles. The Bertz CT molecular complexity index is 1160. The van der Waals surface area contributed by atoms with Gasteiger partial charge in [0.15, 0.2) is 11.6 Å². The third-order valence-electron chi connectivity index (χ3n) is 6.00. The van der Waals surface area contributed by atoms with Gasteiger partial charge in [-0.25, -0.2) is 9.67 Å². The van der Waals surface area contributed by atoms with E-state index in [9.17, 15) is 9.59 Å². The number of aromatic nitrogens is 6. The van der Waals surface area contributed by atoms with E-state index < -0.39 is 0 Å². The van der Waals surface area contributed by atoms with Crippen LogP contribution in [0.5, 0.6) is 0 Å². The number of piperidine rings is 1. The molecule has 1 N–H and O–H groups in total. The van der Waals surface area contributed by atoms with Crippen LogP contribution in [0.4, 0.5) is 5.82 Å². The van der Waals surface area contributed by atoms with Crippen LogP contribution in [0.15, 0.2) is 35.4 Å². The predicted molar refractivity (Wildman–Crippen MR) is 124 cm³/mol. The Morgan fingerprint density at radius 2 is 1.85 bits per heavy atom. The van der Waals surface area contributed by atoms with Crippen LogP contribution in [0.25, 0.3) is 5.82 Å². The molecule has 10 heteroatoms. The van der Waals surface area contributed by atoms with E-state index in [0.29, 0.717) is 18.9 Å². The zero-order valence-electron chi connectivity index (χ0n) is 19.4. The highest BCUT2D eigenvalue weighted by Gasteiger charge is 2.25. The van der Waals surface area contributed by atoms with Gasteiger partial charge in [0.2, 0.25) is 5.91 Å². The lowest BCUT2D eigenvalue weighted by atomic mass is 9.96. The number of nitrogens with one attached hydrogen (secondary N) is 1. The number of carbonyl (C=O) groups excluding carboxylic acids is 1. The molecule has 1 saturated heterocycles. The highest BCUT2D eigenvalue weighted by atomic mass is 16.2. The van der Waals surface area contributed by atoms with Gasteiger partial charge in [0, 0.05) is 49.6 Å². The number of carbonyl (C=O) groups is 1. The quantitative estimate of drug-likeness (QED) is 0.580. The second-order valence-corrected chi connectivity index (χ2v) is 8.41. The van der Waals surface area contributed by atoms with E-state index in [1.807, 2.05) is 39.0 Å². The second-order valence-electron chi connectivity index (χ2n) is 8.41. The molecule has 0 bridgehead atoms. The van der Waals surface area contributed by atoms with Gasteiger partial charge in [-0.05, 0) is 51.3 Å². The fraction of sp³-hybridized carbons (Fsp3) is 0.478. The highest BCUT2D eigenvalue weighted by molar-refractivity contribution is 5.78. The number of nitrogens with zero attached hydrogens (tertiary/aromatic N) is 7. The molecule has 1 fully saturated rings. The van der Waals surface area contributed by atoms with Crippen LogP contribution < -0.4 is 15.8 Å². The lowest BCUT2D eigenvalue weighted by Crippen LogP contribution is -2.42. The monoisotopic (exact) mass is 450 g/mol. The lowest BCUT2D eigenvalue weighted by Gasteiger charge is -2.31. The average molecular weight is 451 g/mol. The molecule has 1 amide bonds. The first-order chi connectivity index (χ1) is 15.9. The first-order valence-corrected chi connectivity index (χ1v) is 11.4. The maximum absolute atomic E-state index is 12.6. The van der Waals surface area contributed by atoms with Crippen molar-refractivity contribution in [3.63, 3.8) is 0 Å². The zero-order chi connectivity index (χ0) is 23.4. The molecule has 4 heterocycles. The summed E-state index contributed by atoms with van der Waals surface area (Å²) in [6, 6.07) is 7.42. The summed E-state index contributed by atoms with van der Waals surface area (Å²) in [5.74, 6) is 1.49. The highest BCUT2D eigenvalue weighted by Crippen LogP contribution is 2.22. The SMILES string of the molecule is CCc1cc(=O)n(CCNC(=O)C2CCN(c3ccc(-n4nc(C)cc4C)nn3)CC2)cn1. The van der Waals surface area contributed by atoms with Crippen LogP contribution in [0.1, 0.15) is 36.8 Å². The van der Waals surface area contributed by atoms with E-state index in [1.54, 1.807) is 17.1 Å². The van der Waals surface area contributed by atoms with Crippen molar-refractivity contribution >= 4 is 11.7 Å². The van der Waals surface area contributed by atoms with Crippen LogP contribution in [-0.4, -0.2) is 55.1 Å². The van der Waals surface area contributed by atoms with E-state index in [4.69, 9.17) is 0 Å². The van der Waals surface area contributed by atoms with Crippen molar-refractivity contribution in [1.82, 2.24) is 34.8 Å². The van der Waals surface area contributed by atoms with Gasteiger partial charge in [0.25, 0.3) is 5.56 Å². The minimum atomic E-state index is -0.0885. The van der Waals surface area contributed by atoms with Crippen molar-refractivity contribution in [3.05, 3.63) is 58.0 Å². The predicted octanol–water partition coefficient (Wildman–Crippen LogP) is 1.43. The molecule has 0 spiro atoms. The number of amides is 1. The Labute approximate surface area is 192 Å². The molecule has 0 atom stereocenters. The molecule has 0 aliphatic carbocycles. The topological polar surface area (TPSA) is 111 Å². The maximum atomic E-state index is 12.6. The van der Waals surface area contributed by atoms with Gasteiger partial charge in [0.05, 0.1) is 12.0 Å². The molecule has 174 valence electrons. The van der Waals surface area contributed by atoms with Crippen molar-refractivity contribution in [2.45, 2.75) is 46.6 Å². The second kappa shape index (κ2) is 9.93. The van der Waals surface area contributed by atoms with E-state index >= 15 is 0 Å². The van der Waals surface area contributed by atoms with Gasteiger partial charge in [-0.3, -0.25) is 14.2 Å². The minimum absolute atomic E-state index is 0.0341. The summed E-state index contributed by atoms with van der Waals surface area (Å²) < 4.78 is 3.31. The van der Waals surface area contributed by atoms with Crippen LogP contribution in [0.2, 0.25) is 0 Å². The summed E-state index contributed by atoms with van der Waals surface area (Å²) in [5, 5.41) is 16.1. The normalized spacial score (nSPS) is 14.5. The standard InChI is InChI=1S/C23H30N8O2/c1-4-19-14-22(32)30(15-25-19)12-9-24-23(33)18-7-10-29(11-8-18)20-5-6-21(27-26-20)31-17(3)13-16(2)28-31/h5-6,13-15,18H,4,7-12H2,1-3H3,(H,24,33). The molecule has 0 radical (unpaired) electrons. The molecule has 0 saturated carbocycles. The van der Waals surface area contributed by atoms with Gasteiger partial charge >= 0.3 is 0 Å². The molecule has 3 aromatic rings. The van der Waals surface area contributed by atoms with Crippen molar-refractivity contribution in [2.24, 2.45) is 5.92 Å². The van der Waals surface area contributed by atoms with E-state index in [1.165, 1.54) is 4.57 Å². The summed E-state index contributed by atoms with van der Waals surface area (Å²) in [5.41, 5.74) is 2.64. The molecule has 3 aromatic heterocycles. The number of hydrogen-bond donors (Lipinski definition) is 1. The summed E-state index contributed by atoms with van der Waals surface area (Å²) in [6.45, 7) is 8.21. The van der Waals surface area contributed by atoms with Gasteiger partial charge < -0.3 is 10.2 Å². The Morgan fingerprint density at radius 1 is 1.12 bits per heavy atom. The molecule has 4 rings (SSSR count). The Hall–Kier alpha value is -3.56. The van der Waals surface area contributed by atoms with Crippen LogP contribution in [0.3, 0.4) is 0 Å². The Kier molecular flexibility index (Phi) is 6.81. The first-order valence-electron chi connectivity index (χ1n) is 11.4. The van der Waals surface area contributed by atoms with Crippen LogP contribution in [-0.2, 0) is 17.8 Å². The van der Waals surface area contributed by atoms with Crippen molar-refractivity contribution in [3.8, 4) is 5.82 Å². The summed E-state index contributed by atoms with van der Waals surface area (Å²) in [6.07, 6.45) is 3.77. The molecule has 10 nitrogen and oxygen atoms in total. The van der Waals surface area contributed by atoms with Crippen molar-refractivity contribution < 1.29 is 4.79 Å². The Balaban J connectivity index is 1.26. The van der Waals surface area contributed by atoms with Crippen molar-refractivity contribution in [2.75, 3.05) is 24.5 Å². The van der Waals surface area contributed by atoms with E-state index in [2.05, 4.69) is 30.5 Å². The molecular weight excluding hydrogens is 420 g/mol. The average Bonchev–Trinajstić information content (AvgIpc) is 3.18. The summed E-state index contributed by atoms with van der Waals surface area (Å²) >= 11 is 0. The smallest absolute Gasteiger partial charge is 0.253 e. The molecule has 0 unspecified atom stereocenters. The first kappa shape index (κ1) is 22.6. The fourth-order valence-electron chi connectivity index (χ4n) is 4.10. The van der Waals surface area contributed by atoms with Gasteiger partial charge in [-0.2, -0.15) is 5.10 Å². The molecule has 1 aliphatic heterocycles. The number of hydrogen-bond acceptors (Lipinski definition) is 7. The number of rotatable bonds is 7. The fourth-order valence-corrected chi connectivity index (χ4v) is 4.10. The molecule has 1 aliphatic rings. The Morgan fingerprint density at radius 3 is 2.45 bits per heavy atom. The maximum Gasteiger partial charge on any atom is 0.253 e. The minimum Gasteiger partial charge on any atom is -0.355 e. The molecule has 33 heavy (non-hydrogen) atoms. The van der Waals surface area contributed by atoms with Crippen LogP contribution >= 0.6 is 0 Å². The summed E-state index contributed by atoms with van der Waals surface area (Å²) in [4.78, 5) is 31.0. The lowest BCUT2D eigenvalue weighted by molar-refractivity contribution is -0.125. The zero-order valence-corrected chi connectivity index (χ0v) is 19.4. The third-order valence-corrected chi connectivity index (χ3v) is 6.00.